The van der Waals surface area contributed by atoms with E-state index >= 15 is 0 Å². The Morgan fingerprint density at radius 1 is 1.10 bits per heavy atom. The fraction of sp³-hybridized carbons (Fsp3) is 0. The summed E-state index contributed by atoms with van der Waals surface area (Å²) in [5.74, 6) is -0.328. The summed E-state index contributed by atoms with van der Waals surface area (Å²) in [6.45, 7) is 0. The summed E-state index contributed by atoms with van der Waals surface area (Å²) < 4.78 is 0. The highest BCUT2D eigenvalue weighted by molar-refractivity contribution is 6.29. The maximum absolute atomic E-state index is 12.0. The second-order valence-electron chi connectivity index (χ2n) is 3.89. The molecule has 7 heteroatoms. The quantitative estimate of drug-likeness (QED) is 0.757. The summed E-state index contributed by atoms with van der Waals surface area (Å²) >= 11 is 5.72. The van der Waals surface area contributed by atoms with Gasteiger partial charge in [0.05, 0.1) is 0 Å². The van der Waals surface area contributed by atoms with Crippen LogP contribution in [0.3, 0.4) is 0 Å². The van der Waals surface area contributed by atoms with Gasteiger partial charge in [0.15, 0.2) is 0 Å². The smallest absolute Gasteiger partial charge is 0.316 e. The molecule has 20 heavy (non-hydrogen) atoms. The van der Waals surface area contributed by atoms with Gasteiger partial charge in [0.1, 0.15) is 5.15 Å². The molecule has 3 amide bonds. The molecule has 1 aromatic carbocycles. The van der Waals surface area contributed by atoms with Gasteiger partial charge in [-0.25, -0.2) is 9.78 Å². The van der Waals surface area contributed by atoms with Crippen molar-refractivity contribution in [3.05, 3.63) is 53.3 Å². The number of halogens is 1. The van der Waals surface area contributed by atoms with E-state index in [1.54, 1.807) is 30.3 Å². The molecule has 0 saturated carbocycles. The van der Waals surface area contributed by atoms with Gasteiger partial charge in [-0.3, -0.25) is 4.79 Å². The number of nitrogens with one attached hydrogen (secondary N) is 2. The minimum atomic E-state index is -0.672. The standard InChI is InChI=1S/C13H11ClN4O2/c14-11-6-8(4-5-16-11)12(19)17-9-2-1-3-10(7-9)18-13(15)20/h1-7H,(H,17,19)(H3,15,18,20). The van der Waals surface area contributed by atoms with E-state index < -0.39 is 6.03 Å². The highest BCUT2D eigenvalue weighted by atomic mass is 35.5. The molecular weight excluding hydrogens is 280 g/mol. The summed E-state index contributed by atoms with van der Waals surface area (Å²) in [6.07, 6.45) is 1.45. The van der Waals surface area contributed by atoms with E-state index in [1.165, 1.54) is 12.3 Å². The van der Waals surface area contributed by atoms with Crippen molar-refractivity contribution in [3.63, 3.8) is 0 Å². The summed E-state index contributed by atoms with van der Waals surface area (Å²) in [5, 5.41) is 5.34. The van der Waals surface area contributed by atoms with Crippen LogP contribution in [0.1, 0.15) is 10.4 Å². The fourth-order valence-corrected chi connectivity index (χ4v) is 1.74. The molecule has 0 radical (unpaired) electrons. The van der Waals surface area contributed by atoms with Crippen molar-refractivity contribution >= 4 is 34.9 Å². The van der Waals surface area contributed by atoms with E-state index in [0.717, 1.165) is 0 Å². The number of primary amides is 1. The van der Waals surface area contributed by atoms with Crippen LogP contribution in [0.2, 0.25) is 5.15 Å². The molecule has 6 nitrogen and oxygen atoms in total. The van der Waals surface area contributed by atoms with Crippen molar-refractivity contribution in [2.75, 3.05) is 10.6 Å². The molecule has 1 heterocycles. The second kappa shape index (κ2) is 6.03. The van der Waals surface area contributed by atoms with Gasteiger partial charge in [0.25, 0.3) is 5.91 Å². The van der Waals surface area contributed by atoms with Crippen molar-refractivity contribution in [1.82, 2.24) is 4.98 Å². The van der Waals surface area contributed by atoms with Gasteiger partial charge in [-0.2, -0.15) is 0 Å². The predicted octanol–water partition coefficient (Wildman–Crippen LogP) is 2.48. The Balaban J connectivity index is 2.13. The van der Waals surface area contributed by atoms with Crippen LogP contribution in [0.5, 0.6) is 0 Å². The number of hydrogen-bond donors (Lipinski definition) is 3. The average molecular weight is 291 g/mol. The molecule has 0 spiro atoms. The number of aromatic nitrogens is 1. The number of nitrogens with zero attached hydrogens (tertiary/aromatic N) is 1. The lowest BCUT2D eigenvalue weighted by atomic mass is 10.2. The molecule has 2 rings (SSSR count). The lowest BCUT2D eigenvalue weighted by molar-refractivity contribution is 0.102. The number of hydrogen-bond acceptors (Lipinski definition) is 3. The van der Waals surface area contributed by atoms with Crippen LogP contribution in [0.15, 0.2) is 42.6 Å². The van der Waals surface area contributed by atoms with Crippen LogP contribution in [0.25, 0.3) is 0 Å². The number of nitrogens with two attached hydrogens (primary N) is 1. The van der Waals surface area contributed by atoms with Crippen molar-refractivity contribution in [1.29, 1.82) is 0 Å². The minimum Gasteiger partial charge on any atom is -0.351 e. The highest BCUT2D eigenvalue weighted by Crippen LogP contribution is 2.16. The average Bonchev–Trinajstić information content (AvgIpc) is 2.38. The zero-order valence-electron chi connectivity index (χ0n) is 10.3. The van der Waals surface area contributed by atoms with Crippen molar-refractivity contribution in [2.45, 2.75) is 0 Å². The van der Waals surface area contributed by atoms with Gasteiger partial charge in [-0.05, 0) is 30.3 Å². The third-order valence-corrected chi connectivity index (χ3v) is 2.58. The summed E-state index contributed by atoms with van der Waals surface area (Å²) in [5.41, 5.74) is 6.42. The number of carbonyl (C=O) groups excluding carboxylic acids is 2. The molecule has 0 bridgehead atoms. The zero-order valence-corrected chi connectivity index (χ0v) is 11.0. The predicted molar refractivity (Wildman–Crippen MR) is 76.8 cm³/mol. The first-order valence-electron chi connectivity index (χ1n) is 5.64. The van der Waals surface area contributed by atoms with Gasteiger partial charge in [-0.15, -0.1) is 0 Å². The number of anilines is 2. The first-order chi connectivity index (χ1) is 9.54. The summed E-state index contributed by atoms with van der Waals surface area (Å²) in [6, 6.07) is 8.95. The van der Waals surface area contributed by atoms with Crippen molar-refractivity contribution in [3.8, 4) is 0 Å². The SMILES string of the molecule is NC(=O)Nc1cccc(NC(=O)c2ccnc(Cl)c2)c1. The maximum Gasteiger partial charge on any atom is 0.316 e. The van der Waals surface area contributed by atoms with E-state index in [0.29, 0.717) is 16.9 Å². The van der Waals surface area contributed by atoms with E-state index in [9.17, 15) is 9.59 Å². The first-order valence-corrected chi connectivity index (χ1v) is 6.02. The molecule has 0 saturated heterocycles. The van der Waals surface area contributed by atoms with Crippen LogP contribution >= 0.6 is 11.6 Å². The molecule has 0 fully saturated rings. The van der Waals surface area contributed by atoms with Gasteiger partial charge in [0, 0.05) is 23.1 Å². The molecule has 4 N–H and O–H groups in total. The molecule has 0 atom stereocenters. The van der Waals surface area contributed by atoms with Crippen molar-refractivity contribution < 1.29 is 9.59 Å². The Kier molecular flexibility index (Phi) is 4.17. The highest BCUT2D eigenvalue weighted by Gasteiger charge is 2.07. The van der Waals surface area contributed by atoms with Crippen LogP contribution < -0.4 is 16.4 Å². The number of pyridine rings is 1. The van der Waals surface area contributed by atoms with Crippen molar-refractivity contribution in [2.24, 2.45) is 5.73 Å². The maximum atomic E-state index is 12.0. The molecule has 0 unspecified atom stereocenters. The Bertz CT molecular complexity index is 660. The topological polar surface area (TPSA) is 97.1 Å². The molecule has 0 aliphatic heterocycles. The Hall–Kier alpha value is -2.60. The molecule has 2 aromatic rings. The van der Waals surface area contributed by atoms with Crippen LogP contribution in [0.4, 0.5) is 16.2 Å². The third-order valence-electron chi connectivity index (χ3n) is 2.38. The minimum absolute atomic E-state index is 0.238. The Morgan fingerprint density at radius 3 is 2.45 bits per heavy atom. The summed E-state index contributed by atoms with van der Waals surface area (Å²) in [4.78, 5) is 26.6. The van der Waals surface area contributed by atoms with Gasteiger partial charge in [0.2, 0.25) is 0 Å². The molecule has 102 valence electrons. The number of rotatable bonds is 3. The monoisotopic (exact) mass is 290 g/mol. The first kappa shape index (κ1) is 13.8. The number of benzene rings is 1. The van der Waals surface area contributed by atoms with Gasteiger partial charge in [-0.1, -0.05) is 17.7 Å². The normalized spacial score (nSPS) is 9.85. The van der Waals surface area contributed by atoms with Crippen LogP contribution in [-0.2, 0) is 0 Å². The Labute approximate surface area is 120 Å². The number of urea groups is 1. The van der Waals surface area contributed by atoms with E-state index in [2.05, 4.69) is 15.6 Å². The Morgan fingerprint density at radius 2 is 1.80 bits per heavy atom. The number of amides is 3. The molecule has 1 aromatic heterocycles. The van der Waals surface area contributed by atoms with E-state index in [-0.39, 0.29) is 11.1 Å². The van der Waals surface area contributed by atoms with E-state index in [4.69, 9.17) is 17.3 Å². The molecule has 0 aliphatic carbocycles. The molecular formula is C13H11ClN4O2. The second-order valence-corrected chi connectivity index (χ2v) is 4.28. The molecule has 0 aliphatic rings. The van der Waals surface area contributed by atoms with Gasteiger partial charge < -0.3 is 16.4 Å². The lowest BCUT2D eigenvalue weighted by Gasteiger charge is -2.07. The lowest BCUT2D eigenvalue weighted by Crippen LogP contribution is -2.19. The largest absolute Gasteiger partial charge is 0.351 e. The van der Waals surface area contributed by atoms with E-state index in [1.807, 2.05) is 0 Å². The number of carbonyl (C=O) groups is 2. The third kappa shape index (κ3) is 3.69. The van der Waals surface area contributed by atoms with Gasteiger partial charge >= 0.3 is 6.03 Å². The van der Waals surface area contributed by atoms with Crippen LogP contribution in [0, 0.1) is 0 Å². The summed E-state index contributed by atoms with van der Waals surface area (Å²) in [7, 11) is 0. The zero-order chi connectivity index (χ0) is 14.5. The van der Waals surface area contributed by atoms with Crippen LogP contribution in [-0.4, -0.2) is 16.9 Å². The fourth-order valence-electron chi connectivity index (χ4n) is 1.56.